The molecule has 5 N–H and O–H groups in total. The molecule has 16 heavy (non-hydrogen) atoms. The van der Waals surface area contributed by atoms with Crippen LogP contribution in [0.5, 0.6) is 0 Å². The zero-order valence-electron chi connectivity index (χ0n) is 8.91. The number of hydrogen-bond donors (Lipinski definition) is 5. The van der Waals surface area contributed by atoms with Crippen LogP contribution in [0.3, 0.4) is 0 Å². The molecule has 1 saturated heterocycles. The van der Waals surface area contributed by atoms with Gasteiger partial charge in [0.1, 0.15) is 24.4 Å². The van der Waals surface area contributed by atoms with E-state index in [9.17, 15) is 20.1 Å². The fraction of sp³-hybridized carbons (Fsp3) is 0.889. The Labute approximate surface area is 92.7 Å². The van der Waals surface area contributed by atoms with Gasteiger partial charge in [-0.05, 0) is 0 Å². The van der Waals surface area contributed by atoms with Crippen LogP contribution in [-0.4, -0.2) is 63.6 Å². The van der Waals surface area contributed by atoms with E-state index in [2.05, 4.69) is 5.32 Å². The minimum Gasteiger partial charge on any atom is -0.394 e. The summed E-state index contributed by atoms with van der Waals surface area (Å²) >= 11 is 0. The molecule has 0 bridgehead atoms. The van der Waals surface area contributed by atoms with Gasteiger partial charge in [-0.25, -0.2) is 0 Å². The Bertz CT molecular complexity index is 246. The quantitative estimate of drug-likeness (QED) is 0.363. The molecule has 0 aromatic rings. The van der Waals surface area contributed by atoms with Crippen molar-refractivity contribution in [3.05, 3.63) is 0 Å². The molecule has 1 fully saturated rings. The van der Waals surface area contributed by atoms with E-state index in [1.807, 2.05) is 0 Å². The lowest BCUT2D eigenvalue weighted by molar-refractivity contribution is -0.235. The standard InChI is InChI=1S/C9H17NO6/c1-2-5(12)10-9-8(15)7(14)6(13)4(3-11)16-9/h4,6-9,11,13-15H,2-3H2,1H3,(H,10,12)/t4-,6-,7+,8-,9-/m1/s1. The van der Waals surface area contributed by atoms with Gasteiger partial charge in [0, 0.05) is 6.42 Å². The highest BCUT2D eigenvalue weighted by molar-refractivity contribution is 5.75. The molecule has 0 saturated carbocycles. The van der Waals surface area contributed by atoms with Gasteiger partial charge in [0.05, 0.1) is 6.61 Å². The van der Waals surface area contributed by atoms with E-state index >= 15 is 0 Å². The van der Waals surface area contributed by atoms with Gasteiger partial charge in [-0.2, -0.15) is 0 Å². The van der Waals surface area contributed by atoms with Gasteiger partial charge < -0.3 is 30.5 Å². The Hall–Kier alpha value is -0.730. The van der Waals surface area contributed by atoms with Crippen molar-refractivity contribution in [2.75, 3.05) is 6.61 Å². The summed E-state index contributed by atoms with van der Waals surface area (Å²) in [4.78, 5) is 11.1. The SMILES string of the molecule is CCC(=O)N[C@@H]1O[C@H](CO)[C@@H](O)[C@H](O)[C@H]1O. The van der Waals surface area contributed by atoms with E-state index < -0.39 is 37.3 Å². The Balaban J connectivity index is 2.67. The van der Waals surface area contributed by atoms with Crippen LogP contribution in [0.15, 0.2) is 0 Å². The van der Waals surface area contributed by atoms with Gasteiger partial charge in [0.25, 0.3) is 0 Å². The summed E-state index contributed by atoms with van der Waals surface area (Å²) in [5.41, 5.74) is 0. The zero-order valence-corrected chi connectivity index (χ0v) is 8.91. The highest BCUT2D eigenvalue weighted by atomic mass is 16.6. The molecule has 0 radical (unpaired) electrons. The van der Waals surface area contributed by atoms with E-state index in [0.29, 0.717) is 0 Å². The Morgan fingerprint density at radius 1 is 1.25 bits per heavy atom. The van der Waals surface area contributed by atoms with Crippen LogP contribution in [0.4, 0.5) is 0 Å². The van der Waals surface area contributed by atoms with Crippen LogP contribution in [0.2, 0.25) is 0 Å². The van der Waals surface area contributed by atoms with Crippen LogP contribution >= 0.6 is 0 Å². The average molecular weight is 235 g/mol. The summed E-state index contributed by atoms with van der Waals surface area (Å²) in [6, 6.07) is 0. The summed E-state index contributed by atoms with van der Waals surface area (Å²) in [6.45, 7) is 1.11. The molecule has 0 aromatic heterocycles. The van der Waals surface area contributed by atoms with Gasteiger partial charge >= 0.3 is 0 Å². The van der Waals surface area contributed by atoms with Crippen LogP contribution in [0, 0.1) is 0 Å². The number of ether oxygens (including phenoxy) is 1. The van der Waals surface area contributed by atoms with Crippen molar-refractivity contribution in [1.29, 1.82) is 0 Å². The number of carbonyl (C=O) groups excluding carboxylic acids is 1. The molecule has 1 rings (SSSR count). The molecule has 1 aliphatic rings. The van der Waals surface area contributed by atoms with Crippen molar-refractivity contribution in [1.82, 2.24) is 5.32 Å². The predicted octanol–water partition coefficient (Wildman–Crippen LogP) is -2.69. The number of nitrogens with one attached hydrogen (secondary N) is 1. The normalized spacial score (nSPS) is 39.4. The van der Waals surface area contributed by atoms with Crippen molar-refractivity contribution < 1.29 is 30.0 Å². The van der Waals surface area contributed by atoms with Crippen LogP contribution < -0.4 is 5.32 Å². The third-order valence-electron chi connectivity index (χ3n) is 2.52. The van der Waals surface area contributed by atoms with Crippen molar-refractivity contribution in [3.8, 4) is 0 Å². The summed E-state index contributed by atoms with van der Waals surface area (Å²) in [5, 5.41) is 39.6. The lowest BCUT2D eigenvalue weighted by Gasteiger charge is -2.40. The molecule has 0 unspecified atom stereocenters. The monoisotopic (exact) mass is 235 g/mol. The molecule has 1 aliphatic heterocycles. The molecular weight excluding hydrogens is 218 g/mol. The highest BCUT2D eigenvalue weighted by Gasteiger charge is 2.43. The molecule has 5 atom stereocenters. The molecule has 1 heterocycles. The number of amides is 1. The van der Waals surface area contributed by atoms with Gasteiger partial charge in [-0.1, -0.05) is 6.92 Å². The molecule has 7 nitrogen and oxygen atoms in total. The Kier molecular flexibility index (Phi) is 4.63. The second kappa shape index (κ2) is 5.55. The number of aliphatic hydroxyl groups is 4. The summed E-state index contributed by atoms with van der Waals surface area (Å²) in [6.07, 6.45) is -6.21. The number of hydrogen-bond acceptors (Lipinski definition) is 6. The maximum Gasteiger partial charge on any atom is 0.221 e. The molecular formula is C9H17NO6. The first kappa shape index (κ1) is 13.3. The predicted molar refractivity (Wildman–Crippen MR) is 52.2 cm³/mol. The topological polar surface area (TPSA) is 119 Å². The third-order valence-corrected chi connectivity index (χ3v) is 2.52. The Morgan fingerprint density at radius 3 is 2.38 bits per heavy atom. The zero-order chi connectivity index (χ0) is 12.3. The fourth-order valence-electron chi connectivity index (χ4n) is 1.48. The van der Waals surface area contributed by atoms with Gasteiger partial charge in [-0.3, -0.25) is 4.79 Å². The van der Waals surface area contributed by atoms with E-state index in [1.54, 1.807) is 6.92 Å². The molecule has 1 amide bonds. The summed E-state index contributed by atoms with van der Waals surface area (Å²) in [5.74, 6) is -0.357. The van der Waals surface area contributed by atoms with E-state index in [0.717, 1.165) is 0 Å². The second-order valence-corrected chi connectivity index (χ2v) is 3.67. The minimum atomic E-state index is -1.46. The summed E-state index contributed by atoms with van der Waals surface area (Å²) < 4.78 is 5.06. The molecule has 0 aromatic carbocycles. The van der Waals surface area contributed by atoms with Gasteiger partial charge in [-0.15, -0.1) is 0 Å². The first-order valence-electron chi connectivity index (χ1n) is 5.11. The first-order chi connectivity index (χ1) is 7.51. The third kappa shape index (κ3) is 2.69. The van der Waals surface area contributed by atoms with Gasteiger partial charge in [0.2, 0.25) is 5.91 Å². The second-order valence-electron chi connectivity index (χ2n) is 3.67. The Morgan fingerprint density at radius 2 is 1.88 bits per heavy atom. The number of carbonyl (C=O) groups is 1. The maximum atomic E-state index is 11.1. The van der Waals surface area contributed by atoms with E-state index in [4.69, 9.17) is 9.84 Å². The van der Waals surface area contributed by atoms with Crippen molar-refractivity contribution in [2.45, 2.75) is 44.0 Å². The van der Waals surface area contributed by atoms with E-state index in [-0.39, 0.29) is 12.3 Å². The smallest absolute Gasteiger partial charge is 0.221 e. The minimum absolute atomic E-state index is 0.203. The molecule has 0 aliphatic carbocycles. The molecule has 7 heteroatoms. The lowest BCUT2D eigenvalue weighted by atomic mass is 9.98. The van der Waals surface area contributed by atoms with E-state index in [1.165, 1.54) is 0 Å². The van der Waals surface area contributed by atoms with Crippen molar-refractivity contribution in [3.63, 3.8) is 0 Å². The average Bonchev–Trinajstić information content (AvgIpc) is 2.29. The molecule has 0 spiro atoms. The van der Waals surface area contributed by atoms with Crippen molar-refractivity contribution in [2.24, 2.45) is 0 Å². The van der Waals surface area contributed by atoms with Crippen molar-refractivity contribution >= 4 is 5.91 Å². The number of aliphatic hydroxyl groups excluding tert-OH is 4. The lowest BCUT2D eigenvalue weighted by Crippen LogP contribution is -2.63. The van der Waals surface area contributed by atoms with Crippen LogP contribution in [0.1, 0.15) is 13.3 Å². The summed E-state index contributed by atoms with van der Waals surface area (Å²) in [7, 11) is 0. The fourth-order valence-corrected chi connectivity index (χ4v) is 1.48. The largest absolute Gasteiger partial charge is 0.394 e. The highest BCUT2D eigenvalue weighted by Crippen LogP contribution is 2.19. The maximum absolute atomic E-state index is 11.1. The first-order valence-corrected chi connectivity index (χ1v) is 5.11. The number of rotatable bonds is 3. The van der Waals surface area contributed by atoms with Gasteiger partial charge in [0.15, 0.2) is 6.23 Å². The van der Waals surface area contributed by atoms with Crippen LogP contribution in [-0.2, 0) is 9.53 Å². The van der Waals surface area contributed by atoms with Crippen LogP contribution in [0.25, 0.3) is 0 Å². The molecule has 94 valence electrons.